The van der Waals surface area contributed by atoms with Crippen molar-refractivity contribution < 1.29 is 19.4 Å². The molecule has 0 bridgehead atoms. The van der Waals surface area contributed by atoms with Crippen molar-refractivity contribution in [2.75, 3.05) is 18.9 Å². The van der Waals surface area contributed by atoms with Gasteiger partial charge in [-0.15, -0.1) is 11.8 Å². The first-order valence-electron chi connectivity index (χ1n) is 8.63. The second-order valence-electron chi connectivity index (χ2n) is 5.82. The van der Waals surface area contributed by atoms with Gasteiger partial charge in [-0.1, -0.05) is 30.3 Å². The normalized spacial score (nSPS) is 11.5. The maximum atomic E-state index is 12.1. The predicted octanol–water partition coefficient (Wildman–Crippen LogP) is 1.97. The summed E-state index contributed by atoms with van der Waals surface area (Å²) in [5.74, 6) is 0.572. The monoisotopic (exact) mass is 388 g/mol. The van der Waals surface area contributed by atoms with Gasteiger partial charge in [-0.3, -0.25) is 9.59 Å². The molecule has 6 nitrogen and oxygen atoms in total. The van der Waals surface area contributed by atoms with Crippen LogP contribution in [-0.4, -0.2) is 41.9 Å². The van der Waals surface area contributed by atoms with Crippen LogP contribution in [0.2, 0.25) is 0 Å². The summed E-state index contributed by atoms with van der Waals surface area (Å²) in [6, 6.07) is 16.9. The van der Waals surface area contributed by atoms with Crippen LogP contribution in [0.5, 0.6) is 5.75 Å². The standard InChI is InChI=1S/C20H24N2O4S/c1-15(24)22-19(20(25)21-11-12-23)14-27-18-9-7-17(8-10-18)26-13-16-5-3-2-4-6-16/h2-10,19,23H,11-14H2,1H3,(H,21,25)(H,22,24). The second-order valence-corrected chi connectivity index (χ2v) is 6.92. The Morgan fingerprint density at radius 2 is 1.81 bits per heavy atom. The van der Waals surface area contributed by atoms with E-state index in [0.29, 0.717) is 12.4 Å². The molecule has 1 unspecified atom stereocenters. The average Bonchev–Trinajstić information content (AvgIpc) is 2.69. The number of rotatable bonds is 10. The largest absolute Gasteiger partial charge is 0.489 e. The molecule has 0 aromatic heterocycles. The molecule has 7 heteroatoms. The Morgan fingerprint density at radius 3 is 2.44 bits per heavy atom. The van der Waals surface area contributed by atoms with Crippen LogP contribution in [0.25, 0.3) is 0 Å². The van der Waals surface area contributed by atoms with Gasteiger partial charge in [-0.2, -0.15) is 0 Å². The van der Waals surface area contributed by atoms with Crippen molar-refractivity contribution in [3.8, 4) is 5.75 Å². The van der Waals surface area contributed by atoms with Gasteiger partial charge in [0.25, 0.3) is 0 Å². The van der Waals surface area contributed by atoms with Gasteiger partial charge >= 0.3 is 0 Å². The number of carbonyl (C=O) groups is 2. The fourth-order valence-corrected chi connectivity index (χ4v) is 3.21. The zero-order chi connectivity index (χ0) is 19.5. The van der Waals surface area contributed by atoms with Gasteiger partial charge in [0.15, 0.2) is 0 Å². The molecule has 2 amide bonds. The van der Waals surface area contributed by atoms with Crippen LogP contribution in [-0.2, 0) is 16.2 Å². The van der Waals surface area contributed by atoms with Crippen LogP contribution in [0, 0.1) is 0 Å². The Labute approximate surface area is 163 Å². The van der Waals surface area contributed by atoms with E-state index in [9.17, 15) is 9.59 Å². The average molecular weight is 388 g/mol. The third kappa shape index (κ3) is 7.72. The molecule has 0 aliphatic heterocycles. The molecule has 0 saturated heterocycles. The van der Waals surface area contributed by atoms with Crippen LogP contribution in [0.15, 0.2) is 59.5 Å². The quantitative estimate of drug-likeness (QED) is 0.542. The third-order valence-corrected chi connectivity index (χ3v) is 4.70. The fourth-order valence-electron chi connectivity index (χ4n) is 2.28. The zero-order valence-corrected chi connectivity index (χ0v) is 16.0. The maximum absolute atomic E-state index is 12.1. The van der Waals surface area contributed by atoms with Gasteiger partial charge in [-0.25, -0.2) is 0 Å². The minimum absolute atomic E-state index is 0.143. The van der Waals surface area contributed by atoms with Crippen LogP contribution >= 0.6 is 11.8 Å². The first-order valence-corrected chi connectivity index (χ1v) is 9.62. The maximum Gasteiger partial charge on any atom is 0.243 e. The van der Waals surface area contributed by atoms with Crippen LogP contribution < -0.4 is 15.4 Å². The number of hydrogen-bond donors (Lipinski definition) is 3. The topological polar surface area (TPSA) is 87.7 Å². The highest BCUT2D eigenvalue weighted by atomic mass is 32.2. The Morgan fingerprint density at radius 1 is 1.11 bits per heavy atom. The third-order valence-electron chi connectivity index (χ3n) is 3.59. The van der Waals surface area contributed by atoms with Crippen molar-refractivity contribution in [3.05, 3.63) is 60.2 Å². The summed E-state index contributed by atoms with van der Waals surface area (Å²) in [6.45, 7) is 1.89. The molecule has 144 valence electrons. The first kappa shape index (κ1) is 20.8. The highest BCUT2D eigenvalue weighted by Crippen LogP contribution is 2.22. The summed E-state index contributed by atoms with van der Waals surface area (Å²) >= 11 is 1.46. The molecular weight excluding hydrogens is 364 g/mol. The van der Waals surface area contributed by atoms with Crippen molar-refractivity contribution in [1.82, 2.24) is 10.6 Å². The van der Waals surface area contributed by atoms with Gasteiger partial charge in [0, 0.05) is 24.1 Å². The highest BCUT2D eigenvalue weighted by molar-refractivity contribution is 7.99. The van der Waals surface area contributed by atoms with E-state index in [0.717, 1.165) is 16.2 Å². The Hall–Kier alpha value is -2.51. The SMILES string of the molecule is CC(=O)NC(CSc1ccc(OCc2ccccc2)cc1)C(=O)NCCO. The second kappa shape index (κ2) is 11.3. The Balaban J connectivity index is 1.86. The Bertz CT molecular complexity index is 723. The number of hydrogen-bond acceptors (Lipinski definition) is 5. The van der Waals surface area contributed by atoms with Crippen LogP contribution in [0.3, 0.4) is 0 Å². The number of carbonyl (C=O) groups excluding carboxylic acids is 2. The van der Waals surface area contributed by atoms with Crippen LogP contribution in [0.1, 0.15) is 12.5 Å². The summed E-state index contributed by atoms with van der Waals surface area (Å²) in [5.41, 5.74) is 1.10. The number of amides is 2. The molecule has 0 heterocycles. The number of ether oxygens (including phenoxy) is 1. The van der Waals surface area contributed by atoms with E-state index in [1.165, 1.54) is 18.7 Å². The summed E-state index contributed by atoms with van der Waals surface area (Å²) in [5, 5.41) is 14.0. The number of nitrogens with one attached hydrogen (secondary N) is 2. The van der Waals surface area contributed by atoms with E-state index >= 15 is 0 Å². The van der Waals surface area contributed by atoms with Crippen molar-refractivity contribution in [2.45, 2.75) is 24.5 Å². The van der Waals surface area contributed by atoms with E-state index in [1.807, 2.05) is 54.6 Å². The van der Waals surface area contributed by atoms with E-state index in [2.05, 4.69) is 10.6 Å². The van der Waals surface area contributed by atoms with Crippen LogP contribution in [0.4, 0.5) is 0 Å². The van der Waals surface area contributed by atoms with E-state index in [-0.39, 0.29) is 25.0 Å². The zero-order valence-electron chi connectivity index (χ0n) is 15.2. The predicted molar refractivity (Wildman–Crippen MR) is 106 cm³/mol. The van der Waals surface area contributed by atoms with E-state index in [4.69, 9.17) is 9.84 Å². The summed E-state index contributed by atoms with van der Waals surface area (Å²) in [4.78, 5) is 24.3. The molecule has 1 atom stereocenters. The molecule has 0 fully saturated rings. The minimum Gasteiger partial charge on any atom is -0.489 e. The van der Waals surface area contributed by atoms with Crippen molar-refractivity contribution in [2.24, 2.45) is 0 Å². The number of aliphatic hydroxyl groups is 1. The van der Waals surface area contributed by atoms with Gasteiger partial charge in [0.1, 0.15) is 18.4 Å². The number of aliphatic hydroxyl groups excluding tert-OH is 1. The van der Waals surface area contributed by atoms with Gasteiger partial charge in [-0.05, 0) is 29.8 Å². The number of benzene rings is 2. The van der Waals surface area contributed by atoms with Crippen molar-refractivity contribution in [3.63, 3.8) is 0 Å². The molecule has 0 saturated carbocycles. The summed E-state index contributed by atoms with van der Waals surface area (Å²) in [6.07, 6.45) is 0. The molecule has 3 N–H and O–H groups in total. The van der Waals surface area contributed by atoms with Gasteiger partial charge in [0.05, 0.1) is 6.61 Å². The summed E-state index contributed by atoms with van der Waals surface area (Å²) < 4.78 is 5.75. The fraction of sp³-hybridized carbons (Fsp3) is 0.300. The van der Waals surface area contributed by atoms with Crippen molar-refractivity contribution in [1.29, 1.82) is 0 Å². The molecule has 0 aliphatic rings. The lowest BCUT2D eigenvalue weighted by Crippen LogP contribution is -2.48. The lowest BCUT2D eigenvalue weighted by Gasteiger charge is -2.17. The molecule has 2 aromatic rings. The molecule has 0 radical (unpaired) electrons. The molecule has 2 aromatic carbocycles. The lowest BCUT2D eigenvalue weighted by molar-refractivity contribution is -0.127. The molecular formula is C20H24N2O4S. The highest BCUT2D eigenvalue weighted by Gasteiger charge is 2.19. The molecule has 0 aliphatic carbocycles. The smallest absolute Gasteiger partial charge is 0.243 e. The molecule has 27 heavy (non-hydrogen) atoms. The van der Waals surface area contributed by atoms with Gasteiger partial charge in [0.2, 0.25) is 11.8 Å². The van der Waals surface area contributed by atoms with Gasteiger partial charge < -0.3 is 20.5 Å². The van der Waals surface area contributed by atoms with E-state index in [1.54, 1.807) is 0 Å². The molecule has 2 rings (SSSR count). The lowest BCUT2D eigenvalue weighted by atomic mass is 10.2. The first-order chi connectivity index (χ1) is 13.1. The Kier molecular flexibility index (Phi) is 8.67. The van der Waals surface area contributed by atoms with E-state index < -0.39 is 6.04 Å². The van der Waals surface area contributed by atoms with Crippen molar-refractivity contribution >= 4 is 23.6 Å². The molecule has 0 spiro atoms. The number of thioether (sulfide) groups is 1. The summed E-state index contributed by atoms with van der Waals surface area (Å²) in [7, 11) is 0. The minimum atomic E-state index is -0.659.